The molecule has 0 bridgehead atoms. The molecule has 1 aromatic carbocycles. The van der Waals surface area contributed by atoms with Gasteiger partial charge in [0.1, 0.15) is 0 Å². The van der Waals surface area contributed by atoms with Gasteiger partial charge in [0.2, 0.25) is 11.6 Å². The van der Waals surface area contributed by atoms with E-state index in [0.717, 1.165) is 30.4 Å². The molecule has 0 aromatic heterocycles. The lowest BCUT2D eigenvalue weighted by Crippen LogP contribution is -2.45. The maximum Gasteiger partial charge on any atom is 0.259 e. The van der Waals surface area contributed by atoms with Crippen LogP contribution in [-0.2, 0) is 16.1 Å². The molecule has 0 spiro atoms. The standard InChI is InChI=1S/C20H25FN2O2/c21-20(19(25)22-14-17-9-5-2-6-10-17)11-12-23(15-20)18(24)13-16-7-3-1-4-8-16/h2,5-7,9-10H,1,3-4,8,11-15H2,(H,22,25). The second kappa shape index (κ2) is 7.81. The number of carbonyl (C=O) groups is 2. The molecule has 1 saturated heterocycles. The molecule has 1 fully saturated rings. The van der Waals surface area contributed by atoms with Gasteiger partial charge in [-0.25, -0.2) is 4.39 Å². The first-order chi connectivity index (χ1) is 12.1. The van der Waals surface area contributed by atoms with Gasteiger partial charge in [-0.05, 0) is 31.2 Å². The van der Waals surface area contributed by atoms with Crippen LogP contribution < -0.4 is 5.32 Å². The Kier molecular flexibility index (Phi) is 5.51. The maximum absolute atomic E-state index is 15.0. The maximum atomic E-state index is 15.0. The molecule has 134 valence electrons. The molecule has 5 heteroatoms. The summed E-state index contributed by atoms with van der Waals surface area (Å²) in [7, 11) is 0. The second-order valence-corrected chi connectivity index (χ2v) is 6.98. The summed E-state index contributed by atoms with van der Waals surface area (Å²) in [5.74, 6) is -0.688. The Bertz CT molecular complexity index is 659. The number of likely N-dealkylation sites (tertiary alicyclic amines) is 1. The van der Waals surface area contributed by atoms with Crippen LogP contribution in [0.5, 0.6) is 0 Å². The summed E-state index contributed by atoms with van der Waals surface area (Å²) >= 11 is 0. The van der Waals surface area contributed by atoms with E-state index in [0.29, 0.717) is 19.5 Å². The van der Waals surface area contributed by atoms with Crippen LogP contribution in [0, 0.1) is 0 Å². The van der Waals surface area contributed by atoms with Crippen molar-refractivity contribution in [3.63, 3.8) is 0 Å². The van der Waals surface area contributed by atoms with E-state index in [-0.39, 0.29) is 18.9 Å². The van der Waals surface area contributed by atoms with Gasteiger partial charge in [0.05, 0.1) is 6.54 Å². The average Bonchev–Trinajstić information content (AvgIpc) is 3.05. The topological polar surface area (TPSA) is 49.4 Å². The van der Waals surface area contributed by atoms with E-state index in [1.54, 1.807) is 0 Å². The molecular weight excluding hydrogens is 319 g/mol. The van der Waals surface area contributed by atoms with Gasteiger partial charge in [-0.15, -0.1) is 0 Å². The lowest BCUT2D eigenvalue weighted by atomic mass is 9.97. The van der Waals surface area contributed by atoms with Crippen LogP contribution >= 0.6 is 0 Å². The summed E-state index contributed by atoms with van der Waals surface area (Å²) in [6.45, 7) is 0.466. The molecule has 0 saturated carbocycles. The highest BCUT2D eigenvalue weighted by molar-refractivity contribution is 5.88. The van der Waals surface area contributed by atoms with Gasteiger partial charge >= 0.3 is 0 Å². The minimum atomic E-state index is -1.98. The first-order valence-electron chi connectivity index (χ1n) is 9.04. The van der Waals surface area contributed by atoms with E-state index in [1.807, 2.05) is 30.3 Å². The number of nitrogens with one attached hydrogen (secondary N) is 1. The number of halogens is 1. The third-order valence-electron chi connectivity index (χ3n) is 5.04. The molecular formula is C20H25FN2O2. The minimum Gasteiger partial charge on any atom is -0.349 e. The van der Waals surface area contributed by atoms with Crippen molar-refractivity contribution < 1.29 is 14.0 Å². The van der Waals surface area contributed by atoms with Gasteiger partial charge in [0.15, 0.2) is 0 Å². The Morgan fingerprint density at radius 2 is 2.00 bits per heavy atom. The lowest BCUT2D eigenvalue weighted by molar-refractivity contribution is -0.134. The Balaban J connectivity index is 1.52. The normalized spacial score (nSPS) is 23.2. The predicted molar refractivity (Wildman–Crippen MR) is 94.5 cm³/mol. The molecule has 1 unspecified atom stereocenters. The van der Waals surface area contributed by atoms with Crippen LogP contribution in [0.2, 0.25) is 0 Å². The van der Waals surface area contributed by atoms with Crippen LogP contribution in [-0.4, -0.2) is 35.5 Å². The summed E-state index contributed by atoms with van der Waals surface area (Å²) < 4.78 is 15.0. The van der Waals surface area contributed by atoms with Crippen molar-refractivity contribution in [2.45, 2.75) is 50.7 Å². The highest BCUT2D eigenvalue weighted by Crippen LogP contribution is 2.28. The van der Waals surface area contributed by atoms with Crippen molar-refractivity contribution in [3.8, 4) is 0 Å². The minimum absolute atomic E-state index is 0.0662. The fraction of sp³-hybridized carbons (Fsp3) is 0.500. The molecule has 1 aliphatic heterocycles. The van der Waals surface area contributed by atoms with Gasteiger partial charge in [0, 0.05) is 25.9 Å². The average molecular weight is 344 g/mol. The van der Waals surface area contributed by atoms with Crippen LogP contribution in [0.4, 0.5) is 4.39 Å². The van der Waals surface area contributed by atoms with E-state index < -0.39 is 11.6 Å². The van der Waals surface area contributed by atoms with Crippen LogP contribution in [0.15, 0.2) is 42.0 Å². The van der Waals surface area contributed by atoms with Crippen molar-refractivity contribution in [2.24, 2.45) is 0 Å². The Labute approximate surface area is 148 Å². The van der Waals surface area contributed by atoms with Crippen molar-refractivity contribution in [3.05, 3.63) is 47.5 Å². The highest BCUT2D eigenvalue weighted by atomic mass is 19.1. The molecule has 3 rings (SSSR count). The van der Waals surface area contributed by atoms with Crippen molar-refractivity contribution in [1.29, 1.82) is 0 Å². The number of carbonyl (C=O) groups excluding carboxylic acids is 2. The number of nitrogens with zero attached hydrogens (tertiary/aromatic N) is 1. The predicted octanol–water partition coefficient (Wildman–Crippen LogP) is 3.13. The molecule has 1 heterocycles. The number of amides is 2. The van der Waals surface area contributed by atoms with Crippen LogP contribution in [0.1, 0.15) is 44.1 Å². The molecule has 1 atom stereocenters. The van der Waals surface area contributed by atoms with E-state index in [9.17, 15) is 14.0 Å². The SMILES string of the molecule is O=C(CC1=CCCCC1)N1CCC(F)(C(=O)NCc2ccccc2)C1. The second-order valence-electron chi connectivity index (χ2n) is 6.98. The van der Waals surface area contributed by atoms with Crippen LogP contribution in [0.3, 0.4) is 0 Å². The fourth-order valence-corrected chi connectivity index (χ4v) is 3.48. The summed E-state index contributed by atoms with van der Waals surface area (Å²) in [6, 6.07) is 9.41. The van der Waals surface area contributed by atoms with Gasteiger partial charge in [-0.1, -0.05) is 42.0 Å². The third-order valence-corrected chi connectivity index (χ3v) is 5.04. The Hall–Kier alpha value is -2.17. The summed E-state index contributed by atoms with van der Waals surface area (Å²) in [6.07, 6.45) is 6.84. The van der Waals surface area contributed by atoms with E-state index >= 15 is 0 Å². The van der Waals surface area contributed by atoms with Crippen molar-refractivity contribution in [2.75, 3.05) is 13.1 Å². The molecule has 2 amide bonds. The first kappa shape index (κ1) is 17.6. The largest absolute Gasteiger partial charge is 0.349 e. The van der Waals surface area contributed by atoms with Crippen molar-refractivity contribution >= 4 is 11.8 Å². The fourth-order valence-electron chi connectivity index (χ4n) is 3.48. The number of hydrogen-bond donors (Lipinski definition) is 1. The highest BCUT2D eigenvalue weighted by Gasteiger charge is 2.46. The van der Waals surface area contributed by atoms with Gasteiger partial charge < -0.3 is 10.2 Å². The van der Waals surface area contributed by atoms with Gasteiger partial charge in [0.25, 0.3) is 5.91 Å². The zero-order chi connectivity index (χ0) is 17.7. The van der Waals surface area contributed by atoms with Gasteiger partial charge in [-0.3, -0.25) is 9.59 Å². The number of alkyl halides is 1. The summed E-state index contributed by atoms with van der Waals surface area (Å²) in [5.41, 5.74) is 0.0986. The first-order valence-corrected chi connectivity index (χ1v) is 9.04. The third kappa shape index (κ3) is 4.47. The molecule has 1 aliphatic carbocycles. The van der Waals surface area contributed by atoms with E-state index in [1.165, 1.54) is 11.3 Å². The summed E-state index contributed by atoms with van der Waals surface area (Å²) in [4.78, 5) is 26.2. The van der Waals surface area contributed by atoms with Crippen molar-refractivity contribution in [1.82, 2.24) is 10.2 Å². The van der Waals surface area contributed by atoms with Gasteiger partial charge in [-0.2, -0.15) is 0 Å². The van der Waals surface area contributed by atoms with E-state index in [4.69, 9.17) is 0 Å². The Morgan fingerprint density at radius 3 is 2.72 bits per heavy atom. The molecule has 2 aliphatic rings. The number of hydrogen-bond acceptors (Lipinski definition) is 2. The molecule has 25 heavy (non-hydrogen) atoms. The molecule has 4 nitrogen and oxygen atoms in total. The number of benzene rings is 1. The molecule has 0 radical (unpaired) electrons. The Morgan fingerprint density at radius 1 is 1.20 bits per heavy atom. The summed E-state index contributed by atoms with van der Waals surface area (Å²) in [5, 5.41) is 2.66. The monoisotopic (exact) mass is 344 g/mol. The number of allylic oxidation sites excluding steroid dienone is 1. The number of rotatable bonds is 5. The molecule has 1 aromatic rings. The quantitative estimate of drug-likeness (QED) is 0.834. The smallest absolute Gasteiger partial charge is 0.259 e. The zero-order valence-electron chi connectivity index (χ0n) is 14.5. The molecule has 1 N–H and O–H groups in total. The zero-order valence-corrected chi connectivity index (χ0v) is 14.5. The lowest BCUT2D eigenvalue weighted by Gasteiger charge is -2.21. The van der Waals surface area contributed by atoms with Crippen LogP contribution in [0.25, 0.3) is 0 Å². The van der Waals surface area contributed by atoms with E-state index in [2.05, 4.69) is 11.4 Å².